The van der Waals surface area contributed by atoms with Gasteiger partial charge in [0.1, 0.15) is 12.2 Å². The van der Waals surface area contributed by atoms with Gasteiger partial charge in [0.05, 0.1) is 23.6 Å². The molecule has 0 N–H and O–H groups in total. The summed E-state index contributed by atoms with van der Waals surface area (Å²) in [5, 5.41) is 0. The van der Waals surface area contributed by atoms with Gasteiger partial charge in [-0.3, -0.25) is 14.4 Å². The summed E-state index contributed by atoms with van der Waals surface area (Å²) in [5.41, 5.74) is 0.656. The summed E-state index contributed by atoms with van der Waals surface area (Å²) in [6.07, 6.45) is 1.05. The van der Waals surface area contributed by atoms with Crippen molar-refractivity contribution in [1.82, 2.24) is 0 Å². The molecule has 4 rings (SSSR count). The molecule has 3 heterocycles. The van der Waals surface area contributed by atoms with Crippen molar-refractivity contribution in [3.8, 4) is 0 Å². The van der Waals surface area contributed by atoms with Crippen molar-refractivity contribution in [3.05, 3.63) is 28.2 Å². The molecule has 25 heavy (non-hydrogen) atoms. The highest BCUT2D eigenvalue weighted by Crippen LogP contribution is 2.56. The lowest BCUT2D eigenvalue weighted by molar-refractivity contribution is -0.153. The number of anilines is 1. The zero-order valence-electron chi connectivity index (χ0n) is 14.0. The van der Waals surface area contributed by atoms with Gasteiger partial charge in [-0.15, -0.1) is 0 Å². The van der Waals surface area contributed by atoms with E-state index in [-0.39, 0.29) is 24.5 Å². The van der Waals surface area contributed by atoms with E-state index in [0.717, 1.165) is 10.0 Å². The first-order valence-corrected chi connectivity index (χ1v) is 9.08. The van der Waals surface area contributed by atoms with E-state index in [1.807, 2.05) is 19.1 Å². The second kappa shape index (κ2) is 5.64. The lowest BCUT2D eigenvalue weighted by atomic mass is 9.73. The molecule has 132 valence electrons. The fourth-order valence-electron chi connectivity index (χ4n) is 4.35. The van der Waals surface area contributed by atoms with Crippen LogP contribution in [0.3, 0.4) is 0 Å². The van der Waals surface area contributed by atoms with Crippen LogP contribution in [0.2, 0.25) is 0 Å². The molecule has 3 saturated heterocycles. The summed E-state index contributed by atoms with van der Waals surface area (Å²) in [7, 11) is 0. The van der Waals surface area contributed by atoms with E-state index >= 15 is 0 Å². The molecule has 3 aliphatic heterocycles. The third-order valence-electron chi connectivity index (χ3n) is 5.48. The van der Waals surface area contributed by atoms with E-state index in [1.165, 1.54) is 11.8 Å². The van der Waals surface area contributed by atoms with Crippen LogP contribution >= 0.6 is 15.9 Å². The Hall–Kier alpha value is -1.73. The summed E-state index contributed by atoms with van der Waals surface area (Å²) in [6.45, 7) is 3.26. The van der Waals surface area contributed by atoms with Crippen molar-refractivity contribution in [2.24, 2.45) is 11.8 Å². The number of fused-ring (bicyclic) bond motifs is 5. The number of aryl methyl sites for hydroxylation is 1. The molecule has 2 bridgehead atoms. The molecule has 0 spiro atoms. The number of amides is 2. The van der Waals surface area contributed by atoms with Crippen LogP contribution in [0, 0.1) is 18.8 Å². The first-order valence-electron chi connectivity index (χ1n) is 8.29. The number of imide groups is 1. The number of esters is 1. The maximum absolute atomic E-state index is 13.1. The molecule has 0 radical (unpaired) electrons. The van der Waals surface area contributed by atoms with Crippen LogP contribution < -0.4 is 4.90 Å². The second-order valence-electron chi connectivity index (χ2n) is 6.99. The first-order chi connectivity index (χ1) is 11.8. The maximum Gasteiger partial charge on any atom is 0.302 e. The summed E-state index contributed by atoms with van der Waals surface area (Å²) in [4.78, 5) is 38.6. The molecule has 0 saturated carbocycles. The van der Waals surface area contributed by atoms with Gasteiger partial charge in [-0.2, -0.15) is 0 Å². The van der Waals surface area contributed by atoms with Gasteiger partial charge in [0.2, 0.25) is 11.8 Å². The third kappa shape index (κ3) is 2.36. The van der Waals surface area contributed by atoms with Crippen LogP contribution in [0.4, 0.5) is 5.69 Å². The molecular weight excluding hydrogens is 390 g/mol. The summed E-state index contributed by atoms with van der Waals surface area (Å²) in [6, 6.07) is 5.41. The van der Waals surface area contributed by atoms with Crippen LogP contribution in [0.25, 0.3) is 0 Å². The highest BCUT2D eigenvalue weighted by atomic mass is 79.9. The van der Waals surface area contributed by atoms with E-state index in [0.29, 0.717) is 18.5 Å². The molecule has 1 aromatic carbocycles. The quantitative estimate of drug-likeness (QED) is 0.567. The molecule has 7 heteroatoms. The lowest BCUT2D eigenvalue weighted by Gasteiger charge is -2.30. The smallest absolute Gasteiger partial charge is 0.302 e. The molecule has 0 aliphatic carbocycles. The monoisotopic (exact) mass is 407 g/mol. The average molecular weight is 408 g/mol. The van der Waals surface area contributed by atoms with Crippen LogP contribution in [0.5, 0.6) is 0 Å². The van der Waals surface area contributed by atoms with Crippen molar-refractivity contribution in [2.45, 2.75) is 38.4 Å². The summed E-state index contributed by atoms with van der Waals surface area (Å²) in [5.74, 6) is -1.96. The number of hydrogen-bond donors (Lipinski definition) is 0. The minimum atomic E-state index is -0.868. The van der Waals surface area contributed by atoms with Gasteiger partial charge in [0.15, 0.2) is 0 Å². The Bertz CT molecular complexity index is 794. The summed E-state index contributed by atoms with van der Waals surface area (Å²) < 4.78 is 12.1. The number of nitrogens with zero attached hydrogens (tertiary/aromatic N) is 1. The third-order valence-corrected chi connectivity index (χ3v) is 6.37. The van der Waals surface area contributed by atoms with Crippen LogP contribution in [-0.2, 0) is 23.9 Å². The van der Waals surface area contributed by atoms with Crippen molar-refractivity contribution in [2.75, 3.05) is 11.5 Å². The number of rotatable bonds is 3. The molecular formula is C18H18BrNO5. The molecule has 3 fully saturated rings. The van der Waals surface area contributed by atoms with Crippen molar-refractivity contribution < 1.29 is 23.9 Å². The van der Waals surface area contributed by atoms with E-state index in [4.69, 9.17) is 9.47 Å². The molecule has 6 nitrogen and oxygen atoms in total. The molecule has 0 aromatic heterocycles. The van der Waals surface area contributed by atoms with Crippen molar-refractivity contribution >= 4 is 39.4 Å². The number of carbonyl (C=O) groups is 3. The standard InChI is InChI=1S/C18H18BrNO5/c1-9-7-11(3-4-12(9)19)20-16(22)14-13-5-6-18(25-13,8-24-10(2)21)15(14)17(20)23/h3-4,7,13-15H,5-6,8H2,1-2H3/t13?,14-,15?,18?/m0/s1. The largest absolute Gasteiger partial charge is 0.463 e. The summed E-state index contributed by atoms with van der Waals surface area (Å²) >= 11 is 3.43. The van der Waals surface area contributed by atoms with Gasteiger partial charge in [0, 0.05) is 11.4 Å². The predicted octanol–water partition coefficient (Wildman–Crippen LogP) is 2.36. The average Bonchev–Trinajstić information content (AvgIpc) is 3.20. The van der Waals surface area contributed by atoms with Gasteiger partial charge in [-0.25, -0.2) is 4.90 Å². The van der Waals surface area contributed by atoms with Crippen LogP contribution in [0.15, 0.2) is 22.7 Å². The fraction of sp³-hybridized carbons (Fsp3) is 0.500. The minimum Gasteiger partial charge on any atom is -0.463 e. The predicted molar refractivity (Wildman–Crippen MR) is 91.8 cm³/mol. The zero-order chi connectivity index (χ0) is 17.9. The number of hydrogen-bond acceptors (Lipinski definition) is 5. The molecule has 3 aliphatic rings. The van der Waals surface area contributed by atoms with E-state index in [1.54, 1.807) is 6.07 Å². The van der Waals surface area contributed by atoms with E-state index < -0.39 is 23.4 Å². The van der Waals surface area contributed by atoms with Crippen LogP contribution in [-0.4, -0.2) is 36.1 Å². The Morgan fingerprint density at radius 3 is 2.84 bits per heavy atom. The fourth-order valence-corrected chi connectivity index (χ4v) is 4.60. The molecule has 2 amide bonds. The Morgan fingerprint density at radius 1 is 1.40 bits per heavy atom. The number of ether oxygens (including phenoxy) is 2. The number of benzene rings is 1. The second-order valence-corrected chi connectivity index (χ2v) is 7.84. The molecule has 4 atom stereocenters. The van der Waals surface area contributed by atoms with Gasteiger partial charge in [-0.05, 0) is 43.5 Å². The van der Waals surface area contributed by atoms with Gasteiger partial charge in [-0.1, -0.05) is 15.9 Å². The molecule has 1 aromatic rings. The Morgan fingerprint density at radius 2 is 2.16 bits per heavy atom. The minimum absolute atomic E-state index is 0.0201. The maximum atomic E-state index is 13.1. The topological polar surface area (TPSA) is 72.9 Å². The Labute approximate surface area is 153 Å². The highest BCUT2D eigenvalue weighted by Gasteiger charge is 2.70. The Kier molecular flexibility index (Phi) is 3.77. The SMILES string of the molecule is CC(=O)OCC12CCC(O1)[C@@H]1C(=O)N(c3ccc(Br)c(C)c3)C(=O)C12. The van der Waals surface area contributed by atoms with E-state index in [9.17, 15) is 14.4 Å². The van der Waals surface area contributed by atoms with Gasteiger partial charge >= 0.3 is 5.97 Å². The van der Waals surface area contributed by atoms with E-state index in [2.05, 4.69) is 15.9 Å². The van der Waals surface area contributed by atoms with Crippen LogP contribution in [0.1, 0.15) is 25.3 Å². The molecule has 3 unspecified atom stereocenters. The van der Waals surface area contributed by atoms with Crippen molar-refractivity contribution in [3.63, 3.8) is 0 Å². The van der Waals surface area contributed by atoms with Gasteiger partial charge < -0.3 is 9.47 Å². The number of halogens is 1. The zero-order valence-corrected chi connectivity index (χ0v) is 15.5. The number of carbonyl (C=O) groups excluding carboxylic acids is 3. The first kappa shape index (κ1) is 16.7. The highest BCUT2D eigenvalue weighted by molar-refractivity contribution is 9.10. The lowest BCUT2D eigenvalue weighted by Crippen LogP contribution is -2.45. The van der Waals surface area contributed by atoms with Crippen molar-refractivity contribution in [1.29, 1.82) is 0 Å². The van der Waals surface area contributed by atoms with Gasteiger partial charge in [0.25, 0.3) is 0 Å². The Balaban J connectivity index is 1.69. The normalized spacial score (nSPS) is 33.1.